The van der Waals surface area contributed by atoms with Crippen LogP contribution in [0.15, 0.2) is 47.5 Å². The number of aromatic nitrogens is 6. The Kier molecular flexibility index (Phi) is 10.1. The van der Waals surface area contributed by atoms with E-state index in [1.165, 1.54) is 12.1 Å². The molecule has 0 aliphatic carbocycles. The molecule has 0 saturated carbocycles. The third kappa shape index (κ3) is 7.70. The molecule has 1 aliphatic rings. The zero-order valence-electron chi connectivity index (χ0n) is 26.3. The summed E-state index contributed by atoms with van der Waals surface area (Å²) in [6.45, 7) is 1.11. The monoisotopic (exact) mass is 698 g/mol. The number of rotatable bonds is 12. The molecule has 1 aliphatic heterocycles. The number of ether oxygens (including phenoxy) is 2. The predicted octanol–water partition coefficient (Wildman–Crippen LogP) is 0.170. The number of esters is 1. The molecule has 20 heteroatoms. The molecule has 1 saturated heterocycles. The van der Waals surface area contributed by atoms with E-state index in [0.29, 0.717) is 22.2 Å². The van der Waals surface area contributed by atoms with Gasteiger partial charge in [-0.1, -0.05) is 19.1 Å². The van der Waals surface area contributed by atoms with Crippen LogP contribution in [0.1, 0.15) is 53.5 Å². The van der Waals surface area contributed by atoms with Crippen molar-refractivity contribution >= 4 is 46.6 Å². The van der Waals surface area contributed by atoms with Crippen LogP contribution in [0.5, 0.6) is 0 Å². The summed E-state index contributed by atoms with van der Waals surface area (Å²) in [5.41, 5.74) is 17.9. The molecule has 1 fully saturated rings. The van der Waals surface area contributed by atoms with Crippen molar-refractivity contribution in [3.05, 3.63) is 70.0 Å². The Labute approximate surface area is 280 Å². The molecule has 9 N–H and O–H groups in total. The predicted molar refractivity (Wildman–Crippen MR) is 169 cm³/mol. The summed E-state index contributed by atoms with van der Waals surface area (Å²) in [4.78, 5) is 69.1. The number of fused-ring (bicyclic) bond motifs is 1. The lowest BCUT2D eigenvalue weighted by molar-refractivity contribution is -0.151. The van der Waals surface area contributed by atoms with E-state index >= 15 is 0 Å². The van der Waals surface area contributed by atoms with Crippen molar-refractivity contribution in [3.63, 3.8) is 0 Å². The van der Waals surface area contributed by atoms with Crippen molar-refractivity contribution < 1.29 is 42.9 Å². The van der Waals surface area contributed by atoms with Crippen LogP contribution in [0.3, 0.4) is 0 Å². The van der Waals surface area contributed by atoms with E-state index in [0.717, 1.165) is 17.8 Å². The molecule has 5 atom stereocenters. The maximum absolute atomic E-state index is 14.7. The number of aliphatic hydroxyl groups excluding tert-OH is 1. The third-order valence-electron chi connectivity index (χ3n) is 7.89. The van der Waals surface area contributed by atoms with Gasteiger partial charge in [-0.05, 0) is 42.5 Å². The maximum atomic E-state index is 14.7. The Morgan fingerprint density at radius 3 is 2.50 bits per heavy atom. The summed E-state index contributed by atoms with van der Waals surface area (Å²) < 4.78 is 39.9. The van der Waals surface area contributed by atoms with Crippen molar-refractivity contribution in [1.29, 1.82) is 0 Å². The Balaban J connectivity index is 1.12. The van der Waals surface area contributed by atoms with Gasteiger partial charge in [0.1, 0.15) is 24.6 Å². The van der Waals surface area contributed by atoms with Crippen LogP contribution in [-0.2, 0) is 25.5 Å². The van der Waals surface area contributed by atoms with Gasteiger partial charge in [0.15, 0.2) is 23.1 Å². The van der Waals surface area contributed by atoms with Gasteiger partial charge in [-0.3, -0.25) is 14.2 Å². The zero-order chi connectivity index (χ0) is 36.3. The topological polar surface area (TPSA) is 287 Å². The van der Waals surface area contributed by atoms with Crippen molar-refractivity contribution in [3.8, 4) is 0 Å². The van der Waals surface area contributed by atoms with Gasteiger partial charge in [-0.25, -0.2) is 19.6 Å². The number of nitrogen functional groups attached to an aromatic ring is 3. The van der Waals surface area contributed by atoms with E-state index in [2.05, 4.69) is 30.2 Å². The van der Waals surface area contributed by atoms with E-state index in [1.807, 2.05) is 6.92 Å². The number of aliphatic hydroxyl groups is 1. The minimum absolute atomic E-state index is 0.0140. The first-order valence-electron chi connectivity index (χ1n) is 15.0. The lowest BCUT2D eigenvalue weighted by Gasteiger charge is -2.20. The Morgan fingerprint density at radius 2 is 1.82 bits per heavy atom. The van der Waals surface area contributed by atoms with Gasteiger partial charge >= 0.3 is 23.6 Å². The highest BCUT2D eigenvalue weighted by Crippen LogP contribution is 2.42. The number of anilines is 3. The van der Waals surface area contributed by atoms with Crippen molar-refractivity contribution in [2.75, 3.05) is 23.8 Å². The van der Waals surface area contributed by atoms with Gasteiger partial charge in [0.2, 0.25) is 12.2 Å². The maximum Gasteiger partial charge on any atom is 0.351 e. The first-order chi connectivity index (χ1) is 23.6. The number of nitrogens with one attached hydrogen (secondary N) is 1. The first kappa shape index (κ1) is 35.4. The lowest BCUT2D eigenvalue weighted by atomic mass is 9.95. The molecule has 50 heavy (non-hydrogen) atoms. The summed E-state index contributed by atoms with van der Waals surface area (Å²) >= 11 is 0. The summed E-state index contributed by atoms with van der Waals surface area (Å²) in [6, 6.07) is 6.02. The quantitative estimate of drug-likeness (QED) is 0.107. The highest BCUT2D eigenvalue weighted by atomic mass is 19.3. The average Bonchev–Trinajstić information content (AvgIpc) is 3.29. The van der Waals surface area contributed by atoms with Crippen LogP contribution in [-0.4, -0.2) is 88.3 Å². The molecular formula is C30H32F2N10O8. The summed E-state index contributed by atoms with van der Waals surface area (Å²) in [5.74, 6) is -7.30. The molecule has 3 unspecified atom stereocenters. The minimum Gasteiger partial charge on any atom is -0.480 e. The van der Waals surface area contributed by atoms with Crippen LogP contribution in [0.25, 0.3) is 11.2 Å². The smallest absolute Gasteiger partial charge is 0.351 e. The average molecular weight is 699 g/mol. The molecule has 264 valence electrons. The summed E-state index contributed by atoms with van der Waals surface area (Å²) in [5, 5.41) is 22.1. The first-order valence-corrected chi connectivity index (χ1v) is 15.0. The van der Waals surface area contributed by atoms with Crippen molar-refractivity contribution in [1.82, 2.24) is 34.8 Å². The second-order valence-electron chi connectivity index (χ2n) is 11.5. The molecule has 0 spiro atoms. The molecule has 0 bridgehead atoms. The molecule has 5 rings (SSSR count). The van der Waals surface area contributed by atoms with Gasteiger partial charge < -0.3 is 42.2 Å². The Bertz CT molecular complexity index is 1980. The summed E-state index contributed by atoms with van der Waals surface area (Å²) in [6.07, 6.45) is -4.41. The number of nitrogens with zero attached hydrogens (tertiary/aromatic N) is 6. The number of carboxylic acids is 1. The number of benzene rings is 1. The molecule has 3 aromatic heterocycles. The zero-order valence-corrected chi connectivity index (χ0v) is 26.3. The van der Waals surface area contributed by atoms with E-state index in [4.69, 9.17) is 26.7 Å². The number of carbonyl (C=O) groups excluding carboxylic acids is 2. The van der Waals surface area contributed by atoms with Crippen LogP contribution < -0.4 is 28.2 Å². The number of hydrogen-bond donors (Lipinski definition) is 6. The normalized spacial score (nSPS) is 19.5. The number of aliphatic carboxylic acids is 1. The van der Waals surface area contributed by atoms with Gasteiger partial charge in [0.05, 0.1) is 11.9 Å². The number of amides is 1. The molecular weight excluding hydrogens is 666 g/mol. The largest absolute Gasteiger partial charge is 0.480 e. The molecule has 4 heterocycles. The van der Waals surface area contributed by atoms with E-state index in [1.54, 1.807) is 18.3 Å². The number of hydrogen-bond acceptors (Lipinski definition) is 15. The third-order valence-corrected chi connectivity index (χ3v) is 7.89. The Hall–Kier alpha value is -5.89. The van der Waals surface area contributed by atoms with Crippen LogP contribution in [0.2, 0.25) is 0 Å². The van der Waals surface area contributed by atoms with E-state index in [-0.39, 0.29) is 34.7 Å². The summed E-state index contributed by atoms with van der Waals surface area (Å²) in [7, 11) is 0. The fraction of sp³-hybridized carbons (Fsp3) is 0.367. The number of nitrogens with two attached hydrogens (primary N) is 3. The SMILES string of the molecule is CC(Cc1cnc2nc(N)nc(N)c2n1)c1ccc(C(=O)NC(CCC(=O)OC[C@H]2OC(n3ccc(N)nc3=O)C(F)(F)[C@H]2O)C(=O)O)cc1. The Morgan fingerprint density at radius 1 is 1.10 bits per heavy atom. The standard InChI is InChI=1S/C30H32F2N10O8/c1-13(10-16-11-36-24-21(37-16)23(34)40-28(35)41-24)14-2-4-15(5-3-14)25(45)38-17(26(46)47)6-7-20(43)49-12-18-22(44)30(31,32)27(50-18)42-9-8-19(33)39-29(42)48/h2-5,8-9,11,13,17-18,22,27,44H,6-7,10,12H2,1H3,(H,38,45)(H,46,47)(H2,33,39,48)(H4,34,35,36,40,41)/t13?,17?,18-,22+,27?/m1/s1. The van der Waals surface area contributed by atoms with Gasteiger partial charge in [0.25, 0.3) is 5.91 Å². The minimum atomic E-state index is -3.96. The van der Waals surface area contributed by atoms with Gasteiger partial charge in [-0.15, -0.1) is 0 Å². The fourth-order valence-electron chi connectivity index (χ4n) is 5.19. The van der Waals surface area contributed by atoms with Gasteiger partial charge in [-0.2, -0.15) is 23.7 Å². The molecule has 1 aromatic carbocycles. The van der Waals surface area contributed by atoms with Crippen LogP contribution >= 0.6 is 0 Å². The molecule has 1 amide bonds. The van der Waals surface area contributed by atoms with Crippen LogP contribution in [0.4, 0.5) is 26.4 Å². The van der Waals surface area contributed by atoms with E-state index in [9.17, 15) is 38.2 Å². The number of halogens is 2. The highest BCUT2D eigenvalue weighted by molar-refractivity contribution is 5.96. The molecule has 4 aromatic rings. The highest BCUT2D eigenvalue weighted by Gasteiger charge is 2.60. The van der Waals surface area contributed by atoms with Crippen molar-refractivity contribution in [2.24, 2.45) is 0 Å². The number of alkyl halides is 2. The molecule has 0 radical (unpaired) electrons. The second kappa shape index (κ2) is 14.3. The number of carbonyl (C=O) groups is 3. The fourth-order valence-corrected chi connectivity index (χ4v) is 5.19. The van der Waals surface area contributed by atoms with E-state index < -0.39 is 73.4 Å². The molecule has 18 nitrogen and oxygen atoms in total. The second-order valence-corrected chi connectivity index (χ2v) is 11.5. The van der Waals surface area contributed by atoms with Crippen LogP contribution in [0, 0.1) is 0 Å². The van der Waals surface area contributed by atoms with Gasteiger partial charge in [0, 0.05) is 18.2 Å². The van der Waals surface area contributed by atoms with Crippen molar-refractivity contribution in [2.45, 2.75) is 62.5 Å². The number of carboxylic acid groups (broad SMARTS) is 1. The lowest BCUT2D eigenvalue weighted by Crippen LogP contribution is -2.42.